The molecule has 8 N–H and O–H groups in total. The van der Waals surface area contributed by atoms with Crippen molar-refractivity contribution in [3.63, 3.8) is 0 Å². The Morgan fingerprint density at radius 3 is 1.97 bits per heavy atom. The number of primary amides is 1. The third kappa shape index (κ3) is 10.0. The number of hydrogen-bond acceptors (Lipinski definition) is 6. The standard InChI is InChI=1S/C25H39N5O6/c1-5-15(4)21(24(34)29-18(25(35)36)13-16-9-7-6-8-10-16)30-22(32)17(11-12-19(26)31)28-23(33)20(27)14(2)3/h6-10,14-15,17-18,20-21H,5,11-13,27H2,1-4H3,(H2,26,31)(H,28,33)(H,29,34)(H,30,32)(H,35,36). The lowest BCUT2D eigenvalue weighted by molar-refractivity contribution is -0.142. The predicted molar refractivity (Wildman–Crippen MR) is 134 cm³/mol. The van der Waals surface area contributed by atoms with Gasteiger partial charge in [-0.05, 0) is 23.8 Å². The number of nitrogens with two attached hydrogens (primary N) is 2. The third-order valence-corrected chi connectivity index (χ3v) is 6.02. The van der Waals surface area contributed by atoms with Crippen LogP contribution < -0.4 is 27.4 Å². The number of carboxylic acids is 1. The Hall–Kier alpha value is -3.47. The highest BCUT2D eigenvalue weighted by atomic mass is 16.4. The number of hydrogen-bond donors (Lipinski definition) is 6. The van der Waals surface area contributed by atoms with E-state index in [0.717, 1.165) is 5.56 Å². The van der Waals surface area contributed by atoms with E-state index in [1.165, 1.54) is 0 Å². The summed E-state index contributed by atoms with van der Waals surface area (Å²) in [6.45, 7) is 7.06. The van der Waals surface area contributed by atoms with Crippen LogP contribution in [0.5, 0.6) is 0 Å². The summed E-state index contributed by atoms with van der Waals surface area (Å²) >= 11 is 0. The molecule has 5 atom stereocenters. The van der Waals surface area contributed by atoms with Crippen molar-refractivity contribution in [2.45, 2.75) is 77.5 Å². The molecule has 0 heterocycles. The molecule has 1 rings (SSSR count). The second kappa shape index (κ2) is 14.8. The molecule has 0 bridgehead atoms. The lowest BCUT2D eigenvalue weighted by atomic mass is 9.96. The molecule has 0 aliphatic heterocycles. The first-order chi connectivity index (χ1) is 16.9. The number of carbonyl (C=O) groups is 5. The molecule has 0 radical (unpaired) electrons. The van der Waals surface area contributed by atoms with Crippen LogP contribution in [0.1, 0.15) is 52.5 Å². The van der Waals surface area contributed by atoms with Gasteiger partial charge in [0.1, 0.15) is 18.1 Å². The van der Waals surface area contributed by atoms with Crippen molar-refractivity contribution < 1.29 is 29.1 Å². The summed E-state index contributed by atoms with van der Waals surface area (Å²) in [5.41, 5.74) is 11.8. The molecule has 0 aliphatic rings. The first-order valence-electron chi connectivity index (χ1n) is 12.1. The zero-order chi connectivity index (χ0) is 27.4. The molecule has 1 aromatic rings. The molecule has 5 unspecified atom stereocenters. The van der Waals surface area contributed by atoms with Crippen molar-refractivity contribution in [1.82, 2.24) is 16.0 Å². The van der Waals surface area contributed by atoms with Crippen LogP contribution in [0.4, 0.5) is 0 Å². The second-order valence-corrected chi connectivity index (χ2v) is 9.30. The van der Waals surface area contributed by atoms with Gasteiger partial charge in [-0.3, -0.25) is 19.2 Å². The van der Waals surface area contributed by atoms with E-state index in [-0.39, 0.29) is 31.1 Å². The first kappa shape index (κ1) is 30.6. The van der Waals surface area contributed by atoms with Gasteiger partial charge in [0.2, 0.25) is 23.6 Å². The minimum absolute atomic E-state index is 0.0630. The fourth-order valence-electron chi connectivity index (χ4n) is 3.39. The number of aliphatic carboxylic acids is 1. The molecule has 0 aromatic heterocycles. The Morgan fingerprint density at radius 2 is 1.47 bits per heavy atom. The average molecular weight is 506 g/mol. The van der Waals surface area contributed by atoms with Crippen molar-refractivity contribution >= 4 is 29.6 Å². The molecule has 4 amide bonds. The van der Waals surface area contributed by atoms with Crippen LogP contribution in [0.3, 0.4) is 0 Å². The summed E-state index contributed by atoms with van der Waals surface area (Å²) < 4.78 is 0. The molecular formula is C25H39N5O6. The van der Waals surface area contributed by atoms with E-state index >= 15 is 0 Å². The highest BCUT2D eigenvalue weighted by Gasteiger charge is 2.33. The third-order valence-electron chi connectivity index (χ3n) is 6.02. The summed E-state index contributed by atoms with van der Waals surface area (Å²) in [4.78, 5) is 61.8. The van der Waals surface area contributed by atoms with Gasteiger partial charge in [-0.2, -0.15) is 0 Å². The Bertz CT molecular complexity index is 907. The Morgan fingerprint density at radius 1 is 0.889 bits per heavy atom. The molecule has 0 aliphatic carbocycles. The van der Waals surface area contributed by atoms with Gasteiger partial charge in [0, 0.05) is 12.8 Å². The first-order valence-corrected chi connectivity index (χ1v) is 12.1. The predicted octanol–water partition coefficient (Wildman–Crippen LogP) is 0.0630. The fraction of sp³-hybridized carbons (Fsp3) is 0.560. The van der Waals surface area contributed by atoms with Crippen LogP contribution in [0.25, 0.3) is 0 Å². The van der Waals surface area contributed by atoms with Gasteiger partial charge in [-0.1, -0.05) is 64.4 Å². The highest BCUT2D eigenvalue weighted by molar-refractivity contribution is 5.94. The van der Waals surface area contributed by atoms with Crippen molar-refractivity contribution in [3.8, 4) is 0 Å². The van der Waals surface area contributed by atoms with Crippen LogP contribution in [-0.4, -0.2) is 58.9 Å². The van der Waals surface area contributed by atoms with E-state index in [1.807, 2.05) is 6.92 Å². The molecule has 11 heteroatoms. The molecule has 1 aromatic carbocycles. The van der Waals surface area contributed by atoms with Crippen molar-refractivity contribution in [2.75, 3.05) is 0 Å². The molecule has 11 nitrogen and oxygen atoms in total. The van der Waals surface area contributed by atoms with E-state index in [1.54, 1.807) is 51.1 Å². The number of carboxylic acid groups (broad SMARTS) is 1. The maximum absolute atomic E-state index is 13.1. The number of benzene rings is 1. The lowest BCUT2D eigenvalue weighted by Crippen LogP contribution is -2.59. The van der Waals surface area contributed by atoms with Crippen molar-refractivity contribution in [1.29, 1.82) is 0 Å². The van der Waals surface area contributed by atoms with Gasteiger partial charge in [-0.25, -0.2) is 4.79 Å². The quantitative estimate of drug-likeness (QED) is 0.194. The van der Waals surface area contributed by atoms with Crippen LogP contribution in [0.15, 0.2) is 30.3 Å². The molecule has 0 fully saturated rings. The van der Waals surface area contributed by atoms with Gasteiger partial charge in [0.25, 0.3) is 0 Å². The summed E-state index contributed by atoms with van der Waals surface area (Å²) in [6, 6.07) is 4.52. The summed E-state index contributed by atoms with van der Waals surface area (Å²) in [5, 5.41) is 17.3. The fourth-order valence-corrected chi connectivity index (χ4v) is 3.39. The number of amides is 4. The van der Waals surface area contributed by atoms with Crippen LogP contribution in [-0.2, 0) is 30.4 Å². The molecule has 200 valence electrons. The molecule has 0 spiro atoms. The van der Waals surface area contributed by atoms with Gasteiger partial charge >= 0.3 is 5.97 Å². The molecular weight excluding hydrogens is 466 g/mol. The van der Waals surface area contributed by atoms with Gasteiger partial charge in [0.05, 0.1) is 6.04 Å². The molecule has 0 saturated heterocycles. The van der Waals surface area contributed by atoms with E-state index in [0.29, 0.717) is 6.42 Å². The lowest BCUT2D eigenvalue weighted by Gasteiger charge is -2.28. The van der Waals surface area contributed by atoms with Gasteiger partial charge in [0.15, 0.2) is 0 Å². The Labute approximate surface area is 211 Å². The van der Waals surface area contributed by atoms with Crippen LogP contribution in [0, 0.1) is 11.8 Å². The molecule has 36 heavy (non-hydrogen) atoms. The van der Waals surface area contributed by atoms with E-state index in [4.69, 9.17) is 11.5 Å². The smallest absolute Gasteiger partial charge is 0.326 e. The van der Waals surface area contributed by atoms with Gasteiger partial charge < -0.3 is 32.5 Å². The SMILES string of the molecule is CCC(C)C(NC(=O)C(CCC(N)=O)NC(=O)C(N)C(C)C)C(=O)NC(Cc1ccccc1)C(=O)O. The van der Waals surface area contributed by atoms with Gasteiger partial charge in [-0.15, -0.1) is 0 Å². The number of carbonyl (C=O) groups excluding carboxylic acids is 4. The maximum Gasteiger partial charge on any atom is 0.326 e. The zero-order valence-corrected chi connectivity index (χ0v) is 21.3. The zero-order valence-electron chi connectivity index (χ0n) is 21.3. The minimum Gasteiger partial charge on any atom is -0.480 e. The summed E-state index contributed by atoms with van der Waals surface area (Å²) in [7, 11) is 0. The highest BCUT2D eigenvalue weighted by Crippen LogP contribution is 2.11. The normalized spacial score (nSPS) is 15.2. The Balaban J connectivity index is 3.06. The topological polar surface area (TPSA) is 194 Å². The largest absolute Gasteiger partial charge is 0.480 e. The van der Waals surface area contributed by atoms with E-state index < -0.39 is 53.8 Å². The summed E-state index contributed by atoms with van der Waals surface area (Å²) in [6.07, 6.45) is 0.310. The monoisotopic (exact) mass is 505 g/mol. The van der Waals surface area contributed by atoms with Crippen molar-refractivity contribution in [3.05, 3.63) is 35.9 Å². The minimum atomic E-state index is -1.21. The van der Waals surface area contributed by atoms with E-state index in [2.05, 4.69) is 16.0 Å². The maximum atomic E-state index is 13.1. The van der Waals surface area contributed by atoms with Crippen LogP contribution >= 0.6 is 0 Å². The number of nitrogens with one attached hydrogen (secondary N) is 3. The van der Waals surface area contributed by atoms with E-state index in [9.17, 15) is 29.1 Å². The second-order valence-electron chi connectivity index (χ2n) is 9.30. The van der Waals surface area contributed by atoms with Crippen molar-refractivity contribution in [2.24, 2.45) is 23.3 Å². The summed E-state index contributed by atoms with van der Waals surface area (Å²) in [5.74, 6) is -4.36. The molecule has 0 saturated carbocycles. The van der Waals surface area contributed by atoms with Crippen LogP contribution in [0.2, 0.25) is 0 Å². The Kier molecular flexibility index (Phi) is 12.6. The number of rotatable bonds is 15. The average Bonchev–Trinajstić information content (AvgIpc) is 2.83.